The summed E-state index contributed by atoms with van der Waals surface area (Å²) in [5.41, 5.74) is 5.71. The minimum atomic E-state index is -4.62. The molecule has 4 rings (SSSR count). The lowest BCUT2D eigenvalue weighted by atomic mass is 9.93. The molecule has 0 radical (unpaired) electrons. The Hall–Kier alpha value is -4.49. The first-order valence-corrected chi connectivity index (χ1v) is 10.5. The molecular formula is C22H19F4N7O3. The average Bonchev–Trinajstić information content (AvgIpc) is 3.21. The van der Waals surface area contributed by atoms with Crippen LogP contribution in [0.4, 0.5) is 33.9 Å². The van der Waals surface area contributed by atoms with Gasteiger partial charge in [0.1, 0.15) is 29.6 Å². The Morgan fingerprint density at radius 1 is 1.22 bits per heavy atom. The zero-order chi connectivity index (χ0) is 26.0. The molecule has 36 heavy (non-hydrogen) atoms. The van der Waals surface area contributed by atoms with E-state index in [0.29, 0.717) is 17.3 Å². The number of hydrogen-bond acceptors (Lipinski definition) is 8. The zero-order valence-electron chi connectivity index (χ0n) is 18.6. The summed E-state index contributed by atoms with van der Waals surface area (Å²) >= 11 is 0. The van der Waals surface area contributed by atoms with Gasteiger partial charge in [-0.25, -0.2) is 19.2 Å². The molecule has 1 aromatic carbocycles. The minimum absolute atomic E-state index is 0.0855. The van der Waals surface area contributed by atoms with Gasteiger partial charge in [-0.2, -0.15) is 18.3 Å². The van der Waals surface area contributed by atoms with Crippen molar-refractivity contribution in [3.05, 3.63) is 59.2 Å². The van der Waals surface area contributed by atoms with Gasteiger partial charge in [-0.1, -0.05) is 6.07 Å². The van der Waals surface area contributed by atoms with Gasteiger partial charge in [0.25, 0.3) is 0 Å². The molecule has 188 valence electrons. The van der Waals surface area contributed by atoms with Gasteiger partial charge in [0.2, 0.25) is 0 Å². The summed E-state index contributed by atoms with van der Waals surface area (Å²) in [6.07, 6.45) is -2.50. The van der Waals surface area contributed by atoms with Gasteiger partial charge < -0.3 is 15.8 Å². The van der Waals surface area contributed by atoms with Crippen LogP contribution in [-0.4, -0.2) is 47.3 Å². The number of fused-ring (bicyclic) bond motifs is 1. The molecule has 2 aromatic rings. The second kappa shape index (κ2) is 9.64. The van der Waals surface area contributed by atoms with Gasteiger partial charge in [-0.3, -0.25) is 15.1 Å². The average molecular weight is 505 g/mol. The fraction of sp³-hybridized carbons (Fsp3) is 0.227. The van der Waals surface area contributed by atoms with E-state index < -0.39 is 35.5 Å². The number of esters is 1. The quantitative estimate of drug-likeness (QED) is 0.421. The van der Waals surface area contributed by atoms with E-state index >= 15 is 0 Å². The van der Waals surface area contributed by atoms with Gasteiger partial charge >= 0.3 is 18.2 Å². The van der Waals surface area contributed by atoms with Crippen LogP contribution in [0.15, 0.2) is 52.3 Å². The Balaban J connectivity index is 1.57. The summed E-state index contributed by atoms with van der Waals surface area (Å²) in [6.45, 7) is 1.91. The fourth-order valence-corrected chi connectivity index (χ4v) is 3.75. The van der Waals surface area contributed by atoms with Gasteiger partial charge in [-0.15, -0.1) is 0 Å². The van der Waals surface area contributed by atoms with Crippen LogP contribution in [0.3, 0.4) is 0 Å². The fourth-order valence-electron chi connectivity index (χ4n) is 3.75. The molecule has 0 aliphatic carbocycles. The molecule has 1 aromatic heterocycles. The van der Waals surface area contributed by atoms with Crippen LogP contribution >= 0.6 is 0 Å². The number of aromatic nitrogens is 1. The number of hydrogen-bond donors (Lipinski definition) is 3. The third kappa shape index (κ3) is 4.96. The van der Waals surface area contributed by atoms with Gasteiger partial charge in [0.05, 0.1) is 24.4 Å². The molecule has 0 bridgehead atoms. The SMILES string of the molecule is CCOC(=O)C1CN2N=CN=C(N)C2=C1c1ccc(NC(=O)Nc2cc(C(F)(F)F)ccn2)c(F)c1. The largest absolute Gasteiger partial charge is 0.465 e. The predicted octanol–water partition coefficient (Wildman–Crippen LogP) is 3.40. The first-order chi connectivity index (χ1) is 17.1. The van der Waals surface area contributed by atoms with Crippen LogP contribution in [-0.2, 0) is 15.7 Å². The summed E-state index contributed by atoms with van der Waals surface area (Å²) in [5.74, 6) is -2.53. The number of ether oxygens (including phenoxy) is 1. The number of amides is 2. The molecule has 4 N–H and O–H groups in total. The van der Waals surface area contributed by atoms with E-state index in [0.717, 1.165) is 18.3 Å². The molecule has 3 heterocycles. The number of nitrogens with one attached hydrogen (secondary N) is 2. The highest BCUT2D eigenvalue weighted by Crippen LogP contribution is 2.39. The number of pyridine rings is 1. The number of benzene rings is 1. The Morgan fingerprint density at radius 2 is 2.00 bits per heavy atom. The molecule has 0 saturated carbocycles. The number of carbonyl (C=O) groups excluding carboxylic acids is 2. The van der Waals surface area contributed by atoms with E-state index in [1.165, 1.54) is 23.5 Å². The summed E-state index contributed by atoms with van der Waals surface area (Å²) in [5, 5.41) is 9.91. The van der Waals surface area contributed by atoms with Crippen LogP contribution in [0.1, 0.15) is 18.1 Å². The van der Waals surface area contributed by atoms with E-state index in [2.05, 4.69) is 25.7 Å². The van der Waals surface area contributed by atoms with Crippen molar-refractivity contribution >= 4 is 41.3 Å². The molecule has 2 amide bonds. The zero-order valence-corrected chi connectivity index (χ0v) is 18.6. The highest BCUT2D eigenvalue weighted by atomic mass is 19.4. The van der Waals surface area contributed by atoms with Crippen LogP contribution < -0.4 is 16.4 Å². The first kappa shape index (κ1) is 24.6. The third-order valence-electron chi connectivity index (χ3n) is 5.28. The van der Waals surface area contributed by atoms with E-state index in [1.54, 1.807) is 6.92 Å². The number of rotatable bonds is 5. The van der Waals surface area contributed by atoms with Crippen molar-refractivity contribution in [2.75, 3.05) is 23.8 Å². The number of nitrogens with zero attached hydrogens (tertiary/aromatic N) is 4. The molecule has 1 atom stereocenters. The summed E-state index contributed by atoms with van der Waals surface area (Å²) in [7, 11) is 0. The lowest BCUT2D eigenvalue weighted by molar-refractivity contribution is -0.146. The van der Waals surface area contributed by atoms with Crippen molar-refractivity contribution in [1.82, 2.24) is 9.99 Å². The van der Waals surface area contributed by atoms with Gasteiger partial charge in [0, 0.05) is 11.8 Å². The number of urea groups is 1. The van der Waals surface area contributed by atoms with Crippen LogP contribution in [0.25, 0.3) is 5.57 Å². The van der Waals surface area contributed by atoms with Crippen molar-refractivity contribution < 1.29 is 31.9 Å². The Bertz CT molecular complexity index is 1310. The van der Waals surface area contributed by atoms with E-state index in [4.69, 9.17) is 10.5 Å². The Labute approximate surface area is 201 Å². The number of amidine groups is 1. The maximum Gasteiger partial charge on any atom is 0.416 e. The standard InChI is InChI=1S/C22H19F4N7O3/c1-2-36-20(34)13-9-33-18(19(27)29-10-30-33)17(13)11-3-4-15(14(23)7-11)31-21(35)32-16-8-12(5-6-28-16)22(24,25)26/h3-8,10,13H,2,9H2,1H3,(H2,27,29,30)(H2,28,31,32,35). The van der Waals surface area contributed by atoms with Crippen LogP contribution in [0.5, 0.6) is 0 Å². The lowest BCUT2D eigenvalue weighted by Gasteiger charge is -2.18. The minimum Gasteiger partial charge on any atom is -0.465 e. The van der Waals surface area contributed by atoms with E-state index in [-0.39, 0.29) is 36.1 Å². The molecule has 1 unspecified atom stereocenters. The maximum absolute atomic E-state index is 15.0. The monoisotopic (exact) mass is 505 g/mol. The lowest BCUT2D eigenvalue weighted by Crippen LogP contribution is -2.29. The molecule has 14 heteroatoms. The smallest absolute Gasteiger partial charge is 0.416 e. The number of aliphatic imine (C=N–C) groups is 1. The number of anilines is 2. The third-order valence-corrected chi connectivity index (χ3v) is 5.28. The maximum atomic E-state index is 15.0. The number of carbonyl (C=O) groups is 2. The van der Waals surface area contributed by atoms with Crippen molar-refractivity contribution in [3.8, 4) is 0 Å². The number of alkyl halides is 3. The molecule has 0 spiro atoms. The molecule has 10 nitrogen and oxygen atoms in total. The molecule has 2 aliphatic heterocycles. The number of nitrogens with two attached hydrogens (primary N) is 1. The van der Waals surface area contributed by atoms with Gasteiger partial charge in [0.15, 0.2) is 5.84 Å². The second-order valence-corrected chi connectivity index (χ2v) is 7.60. The summed E-state index contributed by atoms with van der Waals surface area (Å²) in [4.78, 5) is 32.4. The Kier molecular flexibility index (Phi) is 6.59. The van der Waals surface area contributed by atoms with E-state index in [9.17, 15) is 27.2 Å². The first-order valence-electron chi connectivity index (χ1n) is 10.5. The van der Waals surface area contributed by atoms with Crippen molar-refractivity contribution in [2.24, 2.45) is 21.7 Å². The highest BCUT2D eigenvalue weighted by Gasteiger charge is 2.40. The molecule has 2 aliphatic rings. The second-order valence-electron chi connectivity index (χ2n) is 7.60. The predicted molar refractivity (Wildman–Crippen MR) is 122 cm³/mol. The number of hydrazone groups is 1. The van der Waals surface area contributed by atoms with Crippen LogP contribution in [0.2, 0.25) is 0 Å². The van der Waals surface area contributed by atoms with E-state index in [1.807, 2.05) is 0 Å². The van der Waals surface area contributed by atoms with Crippen molar-refractivity contribution in [1.29, 1.82) is 0 Å². The summed E-state index contributed by atoms with van der Waals surface area (Å²) < 4.78 is 58.7. The Morgan fingerprint density at radius 3 is 2.69 bits per heavy atom. The normalized spacial score (nSPS) is 17.0. The van der Waals surface area contributed by atoms with Crippen molar-refractivity contribution in [2.45, 2.75) is 13.1 Å². The van der Waals surface area contributed by atoms with Gasteiger partial charge in [-0.05, 0) is 36.8 Å². The number of halogens is 4. The highest BCUT2D eigenvalue weighted by molar-refractivity contribution is 6.11. The molecule has 0 fully saturated rings. The van der Waals surface area contributed by atoms with Crippen molar-refractivity contribution in [3.63, 3.8) is 0 Å². The molecule has 0 saturated heterocycles. The topological polar surface area (TPSA) is 134 Å². The van der Waals surface area contributed by atoms with Crippen LogP contribution in [0, 0.1) is 11.7 Å². The molecular weight excluding hydrogens is 486 g/mol. The summed E-state index contributed by atoms with van der Waals surface area (Å²) in [6, 6.07) is 4.16.